The van der Waals surface area contributed by atoms with Gasteiger partial charge in [0.15, 0.2) is 18.3 Å². The molecule has 0 aromatic heterocycles. The van der Waals surface area contributed by atoms with E-state index < -0.39 is 4.92 Å². The first-order valence-electron chi connectivity index (χ1n) is 8.24. The molecular weight excluding hydrogens is 358 g/mol. The normalized spacial score (nSPS) is 15.5. The van der Waals surface area contributed by atoms with Crippen LogP contribution in [0.2, 0.25) is 0 Å². The number of ether oxygens (including phenoxy) is 4. The number of hydrogen-bond donors (Lipinski definition) is 0. The molecule has 2 aliphatic rings. The quantitative estimate of drug-likeness (QED) is 0.455. The Bertz CT molecular complexity index is 841. The molecule has 0 saturated carbocycles. The zero-order chi connectivity index (χ0) is 17.9. The molecule has 0 N–H and O–H groups in total. The van der Waals surface area contributed by atoms with Crippen molar-refractivity contribution < 1.29 is 23.9 Å². The lowest BCUT2D eigenvalue weighted by atomic mass is 10.1. The Morgan fingerprint density at radius 2 is 1.92 bits per heavy atom. The van der Waals surface area contributed by atoms with Crippen LogP contribution in [0.4, 0.5) is 5.69 Å². The van der Waals surface area contributed by atoms with Crippen LogP contribution >= 0.6 is 11.8 Å². The van der Waals surface area contributed by atoms with Crippen LogP contribution in [0.5, 0.6) is 17.2 Å². The molecule has 0 atom stereocenters. The van der Waals surface area contributed by atoms with Crippen molar-refractivity contribution in [1.82, 2.24) is 0 Å². The van der Waals surface area contributed by atoms with E-state index in [0.717, 1.165) is 28.4 Å². The van der Waals surface area contributed by atoms with E-state index in [9.17, 15) is 10.1 Å². The monoisotopic (exact) mass is 375 g/mol. The van der Waals surface area contributed by atoms with Crippen LogP contribution in [0.25, 0.3) is 0 Å². The third-order valence-electron chi connectivity index (χ3n) is 4.10. The van der Waals surface area contributed by atoms with Gasteiger partial charge in [0, 0.05) is 40.3 Å². The van der Waals surface area contributed by atoms with Crippen LogP contribution in [-0.4, -0.2) is 24.9 Å². The second kappa shape index (κ2) is 7.43. The molecule has 0 spiro atoms. The van der Waals surface area contributed by atoms with Gasteiger partial charge in [-0.3, -0.25) is 10.1 Å². The molecule has 0 aliphatic carbocycles. The fraction of sp³-hybridized carbons (Fsp3) is 0.333. The standard InChI is InChI=1S/C18H17NO6S/c20-19(21)14-6-12-9-22-11-25-18(12)13(7-14)10-26-15-2-3-16-17(8-15)24-5-1-4-23-16/h2-3,6-8H,1,4-5,9-11H2. The Kier molecular flexibility index (Phi) is 4.85. The number of nitrogens with zero attached hydrogens (tertiary/aromatic N) is 1. The molecule has 0 saturated heterocycles. The molecule has 8 heteroatoms. The molecule has 2 aromatic rings. The number of rotatable bonds is 4. The number of thioether (sulfide) groups is 1. The average Bonchev–Trinajstić information content (AvgIpc) is 2.90. The minimum Gasteiger partial charge on any atom is -0.490 e. The number of nitro benzene ring substituents is 1. The van der Waals surface area contributed by atoms with E-state index in [0.29, 0.717) is 36.9 Å². The molecule has 2 aliphatic heterocycles. The van der Waals surface area contributed by atoms with Gasteiger partial charge in [-0.15, -0.1) is 11.8 Å². The van der Waals surface area contributed by atoms with E-state index in [4.69, 9.17) is 18.9 Å². The minimum absolute atomic E-state index is 0.0483. The van der Waals surface area contributed by atoms with E-state index in [2.05, 4.69) is 0 Å². The lowest BCUT2D eigenvalue weighted by molar-refractivity contribution is -0.385. The molecular formula is C18H17NO6S. The Balaban J connectivity index is 1.57. The summed E-state index contributed by atoms with van der Waals surface area (Å²) < 4.78 is 22.2. The van der Waals surface area contributed by atoms with Gasteiger partial charge < -0.3 is 18.9 Å². The van der Waals surface area contributed by atoms with Gasteiger partial charge >= 0.3 is 0 Å². The lowest BCUT2D eigenvalue weighted by Crippen LogP contribution is -2.13. The molecule has 2 heterocycles. The second-order valence-corrected chi connectivity index (χ2v) is 6.96. The molecule has 0 radical (unpaired) electrons. The number of non-ortho nitro benzene ring substituents is 1. The zero-order valence-corrected chi connectivity index (χ0v) is 14.8. The summed E-state index contributed by atoms with van der Waals surface area (Å²) in [5.41, 5.74) is 1.54. The molecule has 0 unspecified atom stereocenters. The van der Waals surface area contributed by atoms with Crippen LogP contribution in [0.3, 0.4) is 0 Å². The Morgan fingerprint density at radius 1 is 1.08 bits per heavy atom. The predicted molar refractivity (Wildman–Crippen MR) is 95.0 cm³/mol. The summed E-state index contributed by atoms with van der Waals surface area (Å²) in [6.07, 6.45) is 0.858. The van der Waals surface area contributed by atoms with Crippen LogP contribution in [0, 0.1) is 10.1 Å². The largest absolute Gasteiger partial charge is 0.490 e. The van der Waals surface area contributed by atoms with Crippen LogP contribution in [0.15, 0.2) is 35.2 Å². The highest BCUT2D eigenvalue weighted by Crippen LogP contribution is 2.38. The second-order valence-electron chi connectivity index (χ2n) is 5.91. The van der Waals surface area contributed by atoms with Crippen molar-refractivity contribution in [3.8, 4) is 17.2 Å². The van der Waals surface area contributed by atoms with Crippen molar-refractivity contribution in [3.63, 3.8) is 0 Å². The van der Waals surface area contributed by atoms with E-state index in [1.807, 2.05) is 18.2 Å². The van der Waals surface area contributed by atoms with Crippen molar-refractivity contribution in [3.05, 3.63) is 51.6 Å². The first-order chi connectivity index (χ1) is 12.7. The van der Waals surface area contributed by atoms with E-state index in [1.165, 1.54) is 6.07 Å². The number of fused-ring (bicyclic) bond motifs is 2. The summed E-state index contributed by atoms with van der Waals surface area (Å²) in [5.74, 6) is 2.71. The molecule has 136 valence electrons. The first-order valence-corrected chi connectivity index (χ1v) is 9.22. The van der Waals surface area contributed by atoms with Gasteiger partial charge in [-0.1, -0.05) is 0 Å². The van der Waals surface area contributed by atoms with Gasteiger partial charge in [-0.25, -0.2) is 0 Å². The maximum atomic E-state index is 11.2. The van der Waals surface area contributed by atoms with Crippen molar-refractivity contribution in [2.45, 2.75) is 23.7 Å². The van der Waals surface area contributed by atoms with Gasteiger partial charge in [0.2, 0.25) is 0 Å². The maximum absolute atomic E-state index is 11.2. The summed E-state index contributed by atoms with van der Waals surface area (Å²) in [5, 5.41) is 11.2. The summed E-state index contributed by atoms with van der Waals surface area (Å²) in [4.78, 5) is 11.8. The summed E-state index contributed by atoms with van der Waals surface area (Å²) >= 11 is 1.57. The summed E-state index contributed by atoms with van der Waals surface area (Å²) in [6.45, 7) is 1.76. The molecule has 0 fully saturated rings. The Labute approximate surface area is 154 Å². The summed E-state index contributed by atoms with van der Waals surface area (Å²) in [6, 6.07) is 8.89. The smallest absolute Gasteiger partial charge is 0.270 e. The van der Waals surface area contributed by atoms with E-state index >= 15 is 0 Å². The third kappa shape index (κ3) is 3.56. The average molecular weight is 375 g/mol. The number of benzene rings is 2. The molecule has 0 bridgehead atoms. The predicted octanol–water partition coefficient (Wildman–Crippen LogP) is 3.91. The number of hydrogen-bond acceptors (Lipinski definition) is 7. The SMILES string of the molecule is O=[N+]([O-])c1cc2c(c(CSc3ccc4c(c3)OCCCO4)c1)OCOC2. The highest BCUT2D eigenvalue weighted by molar-refractivity contribution is 7.98. The molecule has 2 aromatic carbocycles. The highest BCUT2D eigenvalue weighted by Gasteiger charge is 2.21. The fourth-order valence-electron chi connectivity index (χ4n) is 2.89. The molecule has 26 heavy (non-hydrogen) atoms. The van der Waals surface area contributed by atoms with Gasteiger partial charge in [-0.05, 0) is 18.2 Å². The van der Waals surface area contributed by atoms with Crippen LogP contribution in [-0.2, 0) is 17.1 Å². The fourth-order valence-corrected chi connectivity index (χ4v) is 3.78. The highest BCUT2D eigenvalue weighted by atomic mass is 32.2. The van der Waals surface area contributed by atoms with Gasteiger partial charge in [0.1, 0.15) is 5.75 Å². The van der Waals surface area contributed by atoms with Crippen molar-refractivity contribution in [2.75, 3.05) is 20.0 Å². The Morgan fingerprint density at radius 3 is 2.77 bits per heavy atom. The minimum atomic E-state index is -0.392. The van der Waals surface area contributed by atoms with Crippen molar-refractivity contribution >= 4 is 17.4 Å². The van der Waals surface area contributed by atoms with E-state index in [1.54, 1.807) is 17.8 Å². The van der Waals surface area contributed by atoms with Gasteiger partial charge in [-0.2, -0.15) is 0 Å². The van der Waals surface area contributed by atoms with Crippen molar-refractivity contribution in [2.24, 2.45) is 0 Å². The van der Waals surface area contributed by atoms with Gasteiger partial charge in [0.25, 0.3) is 5.69 Å². The van der Waals surface area contributed by atoms with Gasteiger partial charge in [0.05, 0.1) is 24.7 Å². The van der Waals surface area contributed by atoms with Crippen LogP contribution in [0.1, 0.15) is 17.5 Å². The number of nitro groups is 1. The van der Waals surface area contributed by atoms with Crippen LogP contribution < -0.4 is 14.2 Å². The molecule has 0 amide bonds. The topological polar surface area (TPSA) is 80.1 Å². The molecule has 4 rings (SSSR count). The maximum Gasteiger partial charge on any atom is 0.270 e. The molecule has 7 nitrogen and oxygen atoms in total. The first kappa shape index (κ1) is 17.0. The summed E-state index contributed by atoms with van der Waals surface area (Å²) in [7, 11) is 0. The Hall–Kier alpha value is -2.45. The van der Waals surface area contributed by atoms with E-state index in [-0.39, 0.29) is 12.5 Å². The van der Waals surface area contributed by atoms with Crippen molar-refractivity contribution in [1.29, 1.82) is 0 Å². The lowest BCUT2D eigenvalue weighted by Gasteiger charge is -2.20. The zero-order valence-electron chi connectivity index (χ0n) is 13.9. The third-order valence-corrected chi connectivity index (χ3v) is 5.14.